The number of para-hydroxylation sites is 1. The van der Waals surface area contributed by atoms with Crippen LogP contribution in [0, 0.1) is 0 Å². The summed E-state index contributed by atoms with van der Waals surface area (Å²) in [5.74, 6) is -0.306. The van der Waals surface area contributed by atoms with Crippen molar-refractivity contribution >= 4 is 28.9 Å². The molecule has 0 radical (unpaired) electrons. The van der Waals surface area contributed by atoms with Crippen LogP contribution in [0.2, 0.25) is 0 Å². The second kappa shape index (κ2) is 9.88. The number of ketones is 1. The molecule has 11 heteroatoms. The van der Waals surface area contributed by atoms with Gasteiger partial charge in [-0.3, -0.25) is 14.5 Å². The fraction of sp³-hybridized carbons (Fsp3) is 0.292. The van der Waals surface area contributed by atoms with Crippen LogP contribution >= 0.6 is 0 Å². The lowest BCUT2D eigenvalue weighted by Gasteiger charge is -2.30. The first kappa shape index (κ1) is 24.4. The van der Waals surface area contributed by atoms with Gasteiger partial charge in [0.05, 0.1) is 23.5 Å². The fourth-order valence-corrected chi connectivity index (χ4v) is 4.03. The molecule has 0 spiro atoms. The highest BCUT2D eigenvalue weighted by Gasteiger charge is 2.35. The molecule has 3 aromatic rings. The summed E-state index contributed by atoms with van der Waals surface area (Å²) in [6.07, 6.45) is -5.98. The van der Waals surface area contributed by atoms with Crippen molar-refractivity contribution in [2.75, 3.05) is 17.2 Å². The van der Waals surface area contributed by atoms with Crippen molar-refractivity contribution in [1.82, 2.24) is 14.9 Å². The second-order valence-corrected chi connectivity index (χ2v) is 8.29. The van der Waals surface area contributed by atoms with E-state index in [4.69, 9.17) is 0 Å². The van der Waals surface area contributed by atoms with E-state index < -0.39 is 25.2 Å². The number of benzene rings is 1. The summed E-state index contributed by atoms with van der Waals surface area (Å²) in [5, 5.41) is 16.2. The Morgan fingerprint density at radius 2 is 1.97 bits per heavy atom. The molecule has 0 saturated heterocycles. The molecule has 1 unspecified atom stereocenters. The van der Waals surface area contributed by atoms with E-state index in [1.807, 2.05) is 30.3 Å². The summed E-state index contributed by atoms with van der Waals surface area (Å²) in [5.41, 5.74) is 3.26. The molecule has 3 heterocycles. The van der Waals surface area contributed by atoms with E-state index in [2.05, 4.69) is 20.6 Å². The maximum absolute atomic E-state index is 13.2. The molecule has 35 heavy (non-hydrogen) atoms. The molecule has 1 aromatic carbocycles. The Kier molecular flexibility index (Phi) is 6.90. The number of hydrogen-bond donors (Lipinski definition) is 4. The number of nitrogens with one attached hydrogen (secondary N) is 3. The maximum Gasteiger partial charge on any atom is 0.389 e. The summed E-state index contributed by atoms with van der Waals surface area (Å²) in [6, 6.07) is 12.5. The smallest absolute Gasteiger partial charge is 0.378 e. The number of anilines is 3. The zero-order chi connectivity index (χ0) is 25.2. The molecule has 0 aliphatic carbocycles. The Morgan fingerprint density at radius 3 is 2.66 bits per heavy atom. The lowest BCUT2D eigenvalue weighted by atomic mass is 10.0. The summed E-state index contributed by atoms with van der Waals surface area (Å²) < 4.78 is 37.9. The highest BCUT2D eigenvalue weighted by Crippen LogP contribution is 2.39. The van der Waals surface area contributed by atoms with Crippen molar-refractivity contribution in [3.8, 4) is 11.3 Å². The number of alkyl halides is 3. The number of carbonyl (C=O) groups is 2. The Morgan fingerprint density at radius 1 is 1.23 bits per heavy atom. The van der Waals surface area contributed by atoms with Crippen LogP contribution in [0.3, 0.4) is 0 Å². The third-order valence-corrected chi connectivity index (χ3v) is 5.57. The van der Waals surface area contributed by atoms with Crippen molar-refractivity contribution < 1.29 is 27.9 Å². The number of amides is 1. The largest absolute Gasteiger partial charge is 0.389 e. The first-order valence-electron chi connectivity index (χ1n) is 10.9. The number of Topliss-reactive ketones (excluding diaryl/α,β-unsaturated/α-hetero) is 1. The molecule has 2 aromatic heterocycles. The number of nitrogens with zero attached hydrogens (tertiary/aromatic N) is 2. The van der Waals surface area contributed by atoms with E-state index in [-0.39, 0.29) is 24.8 Å². The third kappa shape index (κ3) is 5.87. The number of pyridine rings is 1. The van der Waals surface area contributed by atoms with Crippen molar-refractivity contribution in [3.63, 3.8) is 0 Å². The van der Waals surface area contributed by atoms with Crippen LogP contribution < -0.4 is 10.6 Å². The number of hydrogen-bond acceptors (Lipinski definition) is 6. The summed E-state index contributed by atoms with van der Waals surface area (Å²) in [7, 11) is 0. The summed E-state index contributed by atoms with van der Waals surface area (Å²) >= 11 is 0. The number of aliphatic hydroxyl groups is 1. The molecule has 1 amide bonds. The highest BCUT2D eigenvalue weighted by molar-refractivity contribution is 6.08. The topological polar surface area (TPSA) is 110 Å². The van der Waals surface area contributed by atoms with E-state index in [0.29, 0.717) is 34.0 Å². The molecule has 4 rings (SSSR count). The first-order chi connectivity index (χ1) is 16.6. The van der Waals surface area contributed by atoms with Crippen LogP contribution in [0.5, 0.6) is 0 Å². The van der Waals surface area contributed by atoms with Crippen molar-refractivity contribution in [2.45, 2.75) is 38.7 Å². The van der Waals surface area contributed by atoms with E-state index in [1.54, 1.807) is 12.1 Å². The normalized spacial score (nSPS) is 14.9. The SMILES string of the molecule is CC(=O)Nc1cc(-c2[nH]c3c(c2Nc2ccccc2)C(=O)CN(C(O)CCC(F)(F)F)C3)ccn1. The van der Waals surface area contributed by atoms with Crippen molar-refractivity contribution in [3.05, 3.63) is 59.9 Å². The van der Waals surface area contributed by atoms with E-state index in [9.17, 15) is 27.9 Å². The van der Waals surface area contributed by atoms with Gasteiger partial charge in [-0.1, -0.05) is 18.2 Å². The molecule has 0 fully saturated rings. The van der Waals surface area contributed by atoms with Crippen LogP contribution in [0.25, 0.3) is 11.3 Å². The minimum absolute atomic E-state index is 0.0627. The number of rotatable bonds is 7. The minimum Gasteiger partial charge on any atom is -0.378 e. The quantitative estimate of drug-likeness (QED) is 0.392. The predicted octanol–water partition coefficient (Wildman–Crippen LogP) is 4.44. The first-order valence-corrected chi connectivity index (χ1v) is 10.9. The van der Waals surface area contributed by atoms with Crippen LogP contribution in [0.4, 0.5) is 30.4 Å². The maximum atomic E-state index is 13.2. The molecule has 0 saturated carbocycles. The molecular formula is C24H24F3N5O3. The molecule has 1 aliphatic heterocycles. The number of carbonyl (C=O) groups excluding carboxylic acids is 2. The number of aromatic nitrogens is 2. The van der Waals surface area contributed by atoms with E-state index in [1.165, 1.54) is 18.0 Å². The molecule has 1 aliphatic rings. The number of fused-ring (bicyclic) bond motifs is 1. The fourth-order valence-electron chi connectivity index (χ4n) is 4.03. The van der Waals surface area contributed by atoms with Gasteiger partial charge in [-0.05, 0) is 30.7 Å². The zero-order valence-electron chi connectivity index (χ0n) is 18.8. The molecule has 1 atom stereocenters. The number of aromatic amines is 1. The zero-order valence-corrected chi connectivity index (χ0v) is 18.8. The van der Waals surface area contributed by atoms with E-state index >= 15 is 0 Å². The molecular weight excluding hydrogens is 463 g/mol. The van der Waals surface area contributed by atoms with Gasteiger partial charge in [0.1, 0.15) is 12.0 Å². The minimum atomic E-state index is -4.40. The van der Waals surface area contributed by atoms with Gasteiger partial charge in [-0.25, -0.2) is 4.98 Å². The lowest BCUT2D eigenvalue weighted by Crippen LogP contribution is -2.42. The van der Waals surface area contributed by atoms with Gasteiger partial charge in [-0.15, -0.1) is 0 Å². The van der Waals surface area contributed by atoms with Gasteiger partial charge in [0.2, 0.25) is 5.91 Å². The predicted molar refractivity (Wildman–Crippen MR) is 124 cm³/mol. The van der Waals surface area contributed by atoms with Gasteiger partial charge >= 0.3 is 6.18 Å². The Bertz CT molecular complexity index is 1230. The van der Waals surface area contributed by atoms with Gasteiger partial charge in [0, 0.05) is 43.0 Å². The lowest BCUT2D eigenvalue weighted by molar-refractivity contribution is -0.146. The molecule has 184 valence electrons. The molecule has 8 nitrogen and oxygen atoms in total. The highest BCUT2D eigenvalue weighted by atomic mass is 19.4. The van der Waals surface area contributed by atoms with Gasteiger partial charge < -0.3 is 20.7 Å². The summed E-state index contributed by atoms with van der Waals surface area (Å²) in [4.78, 5) is 33.3. The number of aliphatic hydroxyl groups excluding tert-OH is 1. The Hall–Kier alpha value is -3.70. The third-order valence-electron chi connectivity index (χ3n) is 5.57. The molecule has 0 bridgehead atoms. The monoisotopic (exact) mass is 487 g/mol. The Labute approximate surface area is 199 Å². The Balaban J connectivity index is 1.71. The summed E-state index contributed by atoms with van der Waals surface area (Å²) in [6.45, 7) is 1.20. The second-order valence-electron chi connectivity index (χ2n) is 8.29. The van der Waals surface area contributed by atoms with Gasteiger partial charge in [0.15, 0.2) is 5.78 Å². The van der Waals surface area contributed by atoms with Crippen LogP contribution in [-0.4, -0.2) is 50.6 Å². The van der Waals surface area contributed by atoms with Gasteiger partial charge in [0.25, 0.3) is 0 Å². The molecule has 4 N–H and O–H groups in total. The van der Waals surface area contributed by atoms with Crippen LogP contribution in [0.1, 0.15) is 35.8 Å². The number of halogens is 3. The average molecular weight is 487 g/mol. The van der Waals surface area contributed by atoms with Crippen LogP contribution in [0.15, 0.2) is 48.7 Å². The standard InChI is InChI=1S/C24H24F3N5O3/c1-14(33)29-19-11-15(8-10-28-19)22-23(30-16-5-3-2-4-6-16)21-17(31-22)12-32(13-18(21)34)20(35)7-9-24(25,26)27/h2-6,8,10-11,20,30-31,35H,7,9,12-13H2,1H3,(H,28,29,33). The number of H-pyrrole nitrogens is 1. The van der Waals surface area contributed by atoms with Crippen LogP contribution in [-0.2, 0) is 11.3 Å². The van der Waals surface area contributed by atoms with Crippen molar-refractivity contribution in [1.29, 1.82) is 0 Å². The van der Waals surface area contributed by atoms with Gasteiger partial charge in [-0.2, -0.15) is 13.2 Å². The van der Waals surface area contributed by atoms with E-state index in [0.717, 1.165) is 5.69 Å². The average Bonchev–Trinajstić information content (AvgIpc) is 3.16. The van der Waals surface area contributed by atoms with Crippen molar-refractivity contribution in [2.24, 2.45) is 0 Å².